The molecule has 0 radical (unpaired) electrons. The molecule has 5 heteroatoms. The molecule has 0 atom stereocenters. The third-order valence-electron chi connectivity index (χ3n) is 3.54. The van der Waals surface area contributed by atoms with Gasteiger partial charge in [-0.15, -0.1) is 0 Å². The maximum atomic E-state index is 9.72. The first-order chi connectivity index (χ1) is 11.4. The van der Waals surface area contributed by atoms with Crippen LogP contribution in [0.3, 0.4) is 0 Å². The maximum Gasteiger partial charge on any atom is 0.128 e. The van der Waals surface area contributed by atoms with Crippen LogP contribution < -0.4 is 0 Å². The highest BCUT2D eigenvalue weighted by Crippen LogP contribution is 2.34. The lowest BCUT2D eigenvalue weighted by atomic mass is 9.84. The van der Waals surface area contributed by atoms with Gasteiger partial charge in [-0.1, -0.05) is 32.9 Å². The van der Waals surface area contributed by atoms with Gasteiger partial charge in [0, 0.05) is 18.2 Å². The van der Waals surface area contributed by atoms with Gasteiger partial charge in [0.25, 0.3) is 0 Å². The summed E-state index contributed by atoms with van der Waals surface area (Å²) in [5, 5.41) is 9.72. The van der Waals surface area contributed by atoms with E-state index in [1.54, 1.807) is 32.4 Å². The largest absolute Gasteiger partial charge is 0.508 e. The van der Waals surface area contributed by atoms with Crippen LogP contribution in [0.5, 0.6) is 5.75 Å². The molecular weight excluding hydrogens is 308 g/mol. The predicted octanol–water partition coefficient (Wildman–Crippen LogP) is 3.48. The number of aromatic hydroxyl groups is 1. The number of phenols is 1. The van der Waals surface area contributed by atoms with Crippen molar-refractivity contribution in [3.63, 3.8) is 0 Å². The van der Waals surface area contributed by atoms with Crippen molar-refractivity contribution < 1.29 is 24.1 Å². The zero-order chi connectivity index (χ0) is 18.0. The number of rotatable bonds is 10. The summed E-state index contributed by atoms with van der Waals surface area (Å²) >= 11 is 0. The molecule has 0 bridgehead atoms. The van der Waals surface area contributed by atoms with E-state index in [1.165, 1.54) is 0 Å². The van der Waals surface area contributed by atoms with E-state index in [-0.39, 0.29) is 11.2 Å². The Hall–Kier alpha value is -1.56. The maximum absolute atomic E-state index is 9.72. The van der Waals surface area contributed by atoms with Crippen molar-refractivity contribution in [1.82, 2.24) is 0 Å². The molecule has 5 nitrogen and oxygen atoms in total. The van der Waals surface area contributed by atoms with Gasteiger partial charge < -0.3 is 24.1 Å². The minimum absolute atomic E-state index is 0.131. The minimum atomic E-state index is -0.131. The monoisotopic (exact) mass is 338 g/mol. The van der Waals surface area contributed by atoms with Gasteiger partial charge >= 0.3 is 0 Å². The topological polar surface area (TPSA) is 57.2 Å². The number of phenolic OH excluding ortho intramolecular Hbond substituents is 1. The number of methoxy groups -OCH3 is 2. The third-order valence-corrected chi connectivity index (χ3v) is 3.54. The number of ether oxygens (including phenoxy) is 4. The number of hydrogen-bond donors (Lipinski definition) is 1. The Morgan fingerprint density at radius 3 is 2.25 bits per heavy atom. The summed E-state index contributed by atoms with van der Waals surface area (Å²) in [5.41, 5.74) is 1.74. The Morgan fingerprint density at radius 2 is 1.67 bits per heavy atom. The molecule has 0 aliphatic rings. The smallest absolute Gasteiger partial charge is 0.128 e. The van der Waals surface area contributed by atoms with Crippen LogP contribution in [0.15, 0.2) is 29.8 Å². The van der Waals surface area contributed by atoms with Crippen molar-refractivity contribution in [3.8, 4) is 5.75 Å². The van der Waals surface area contributed by atoms with Crippen molar-refractivity contribution in [2.75, 3.05) is 47.3 Å². The van der Waals surface area contributed by atoms with Crippen LogP contribution in [0.1, 0.15) is 26.3 Å². The number of hydrogen-bond acceptors (Lipinski definition) is 5. The molecule has 136 valence electrons. The van der Waals surface area contributed by atoms with Crippen LogP contribution in [0.25, 0.3) is 5.76 Å². The summed E-state index contributed by atoms with van der Waals surface area (Å²) in [7, 11) is 3.28. The van der Waals surface area contributed by atoms with Crippen LogP contribution in [0, 0.1) is 5.41 Å². The van der Waals surface area contributed by atoms with Crippen LogP contribution in [0.4, 0.5) is 0 Å². The molecule has 0 heterocycles. The number of benzene rings is 1. The minimum Gasteiger partial charge on any atom is -0.508 e. The first kappa shape index (κ1) is 20.5. The lowest BCUT2D eigenvalue weighted by molar-refractivity contribution is 0.0278. The summed E-state index contributed by atoms with van der Waals surface area (Å²) in [6.07, 6.45) is 0. The Kier molecular flexibility index (Phi) is 8.82. The Morgan fingerprint density at radius 1 is 1.00 bits per heavy atom. The van der Waals surface area contributed by atoms with Crippen LogP contribution >= 0.6 is 0 Å². The van der Waals surface area contributed by atoms with Crippen LogP contribution in [0.2, 0.25) is 0 Å². The van der Waals surface area contributed by atoms with Crippen molar-refractivity contribution in [2.45, 2.75) is 20.8 Å². The van der Waals surface area contributed by atoms with Crippen molar-refractivity contribution in [2.24, 2.45) is 5.41 Å². The van der Waals surface area contributed by atoms with E-state index in [2.05, 4.69) is 20.8 Å². The average Bonchev–Trinajstić information content (AvgIpc) is 2.52. The zero-order valence-electron chi connectivity index (χ0n) is 15.4. The predicted molar refractivity (Wildman–Crippen MR) is 95.0 cm³/mol. The molecule has 1 N–H and O–H groups in total. The van der Waals surface area contributed by atoms with Crippen LogP contribution in [-0.2, 0) is 18.9 Å². The summed E-state index contributed by atoms with van der Waals surface area (Å²) in [5.74, 6) is 0.946. The molecule has 0 saturated heterocycles. The fraction of sp³-hybridized carbons (Fsp3) is 0.579. The molecule has 0 aliphatic heterocycles. The first-order valence-corrected chi connectivity index (χ1v) is 8.11. The molecule has 0 saturated carbocycles. The van der Waals surface area contributed by atoms with Gasteiger partial charge in [0.1, 0.15) is 11.5 Å². The van der Waals surface area contributed by atoms with E-state index in [4.69, 9.17) is 18.9 Å². The highest BCUT2D eigenvalue weighted by Gasteiger charge is 2.23. The lowest BCUT2D eigenvalue weighted by Crippen LogP contribution is -2.19. The molecule has 1 aromatic rings. The second kappa shape index (κ2) is 10.3. The van der Waals surface area contributed by atoms with Gasteiger partial charge in [-0.2, -0.15) is 0 Å². The molecule has 24 heavy (non-hydrogen) atoms. The summed E-state index contributed by atoms with van der Waals surface area (Å²) < 4.78 is 21.7. The van der Waals surface area contributed by atoms with Gasteiger partial charge in [-0.05, 0) is 17.5 Å². The van der Waals surface area contributed by atoms with E-state index in [0.717, 1.165) is 16.9 Å². The fourth-order valence-electron chi connectivity index (χ4n) is 2.22. The van der Waals surface area contributed by atoms with E-state index < -0.39 is 0 Å². The molecule has 1 aromatic carbocycles. The quantitative estimate of drug-likeness (QED) is 0.523. The van der Waals surface area contributed by atoms with Gasteiger partial charge in [0.2, 0.25) is 0 Å². The first-order valence-electron chi connectivity index (χ1n) is 8.11. The molecule has 0 aliphatic carbocycles. The second-order valence-corrected chi connectivity index (χ2v) is 6.47. The molecule has 1 rings (SSSR count). The zero-order valence-corrected chi connectivity index (χ0v) is 15.4. The Balaban J connectivity index is 2.79. The SMILES string of the molecule is COCCOCCOCC(=C(OC)c1cccc(O)c1)C(C)(C)C. The van der Waals surface area contributed by atoms with E-state index in [0.29, 0.717) is 33.0 Å². The summed E-state index contributed by atoms with van der Waals surface area (Å²) in [4.78, 5) is 0. The van der Waals surface area contributed by atoms with E-state index >= 15 is 0 Å². The van der Waals surface area contributed by atoms with E-state index in [1.807, 2.05) is 6.07 Å². The standard InChI is InChI=1S/C19H30O5/c1-19(2,3)17(14-24-12-11-23-10-9-21-4)18(22-5)15-7-6-8-16(20)13-15/h6-8,13,20H,9-12,14H2,1-5H3. The Bertz CT molecular complexity index is 517. The Labute approximate surface area is 145 Å². The van der Waals surface area contributed by atoms with Crippen molar-refractivity contribution in [3.05, 3.63) is 35.4 Å². The van der Waals surface area contributed by atoms with Gasteiger partial charge in [-0.25, -0.2) is 0 Å². The highest BCUT2D eigenvalue weighted by atomic mass is 16.5. The van der Waals surface area contributed by atoms with Gasteiger partial charge in [-0.3, -0.25) is 0 Å². The third kappa shape index (κ3) is 6.91. The molecule has 0 fully saturated rings. The van der Waals surface area contributed by atoms with Gasteiger partial charge in [0.15, 0.2) is 0 Å². The molecular formula is C19H30O5. The molecule has 0 unspecified atom stereocenters. The highest BCUT2D eigenvalue weighted by molar-refractivity contribution is 5.65. The van der Waals surface area contributed by atoms with Crippen LogP contribution in [-0.4, -0.2) is 52.4 Å². The molecule has 0 spiro atoms. The van der Waals surface area contributed by atoms with E-state index in [9.17, 15) is 5.11 Å². The average molecular weight is 338 g/mol. The molecule has 0 aromatic heterocycles. The lowest BCUT2D eigenvalue weighted by Gasteiger charge is -2.26. The normalized spacial score (nSPS) is 12.9. The summed E-state index contributed by atoms with van der Waals surface area (Å²) in [6, 6.07) is 7.05. The second-order valence-electron chi connectivity index (χ2n) is 6.47. The van der Waals surface area contributed by atoms with Crippen molar-refractivity contribution >= 4 is 5.76 Å². The van der Waals surface area contributed by atoms with Gasteiger partial charge in [0.05, 0.1) is 40.1 Å². The fourth-order valence-corrected chi connectivity index (χ4v) is 2.22. The van der Waals surface area contributed by atoms with Crippen molar-refractivity contribution in [1.29, 1.82) is 0 Å². The molecule has 0 amide bonds. The summed E-state index contributed by atoms with van der Waals surface area (Å²) in [6.45, 7) is 8.95.